The summed E-state index contributed by atoms with van der Waals surface area (Å²) < 4.78 is 30.5. The molecule has 0 aromatic heterocycles. The number of benzene rings is 2. The second-order valence-electron chi connectivity index (χ2n) is 6.43. The number of nitrogens with zero attached hydrogens (tertiary/aromatic N) is 2. The minimum atomic E-state index is -3.48. The van der Waals surface area contributed by atoms with Crippen LogP contribution in [-0.2, 0) is 27.8 Å². The van der Waals surface area contributed by atoms with E-state index in [1.54, 1.807) is 14.2 Å². The van der Waals surface area contributed by atoms with E-state index in [-0.39, 0.29) is 19.0 Å². The molecular weight excluding hydrogens is 364 g/mol. The van der Waals surface area contributed by atoms with Crippen LogP contribution in [0.4, 0.5) is 0 Å². The number of carbonyl (C=O) groups excluding carboxylic acids is 1. The summed E-state index contributed by atoms with van der Waals surface area (Å²) in [6.07, 6.45) is 1.69. The van der Waals surface area contributed by atoms with Gasteiger partial charge in [0.15, 0.2) is 0 Å². The van der Waals surface area contributed by atoms with E-state index in [2.05, 4.69) is 0 Å². The summed E-state index contributed by atoms with van der Waals surface area (Å²) in [6.45, 7) is 0.502. The van der Waals surface area contributed by atoms with E-state index in [4.69, 9.17) is 4.74 Å². The first kappa shape index (κ1) is 20.9. The zero-order valence-electron chi connectivity index (χ0n) is 16.0. The van der Waals surface area contributed by atoms with Gasteiger partial charge in [-0.15, -0.1) is 0 Å². The van der Waals surface area contributed by atoms with Crippen molar-refractivity contribution in [3.8, 4) is 5.75 Å². The van der Waals surface area contributed by atoms with Crippen LogP contribution in [0.2, 0.25) is 0 Å². The Balaban J connectivity index is 1.97. The molecule has 0 unspecified atom stereocenters. The van der Waals surface area contributed by atoms with E-state index in [1.165, 1.54) is 9.21 Å². The van der Waals surface area contributed by atoms with Crippen molar-refractivity contribution < 1.29 is 17.9 Å². The molecule has 0 saturated carbocycles. The summed E-state index contributed by atoms with van der Waals surface area (Å²) in [6, 6.07) is 17.0. The summed E-state index contributed by atoms with van der Waals surface area (Å²) in [5.41, 5.74) is 1.98. The van der Waals surface area contributed by atoms with Gasteiger partial charge >= 0.3 is 0 Å². The third kappa shape index (κ3) is 6.69. The van der Waals surface area contributed by atoms with Crippen LogP contribution in [0.15, 0.2) is 54.6 Å². The van der Waals surface area contributed by atoms with Crippen molar-refractivity contribution in [1.29, 1.82) is 0 Å². The zero-order chi connectivity index (χ0) is 19.9. The van der Waals surface area contributed by atoms with E-state index in [0.29, 0.717) is 13.0 Å². The number of sulfonamides is 1. The molecule has 0 atom stereocenters. The van der Waals surface area contributed by atoms with E-state index < -0.39 is 10.0 Å². The maximum absolute atomic E-state index is 12.5. The van der Waals surface area contributed by atoms with Gasteiger partial charge in [0.2, 0.25) is 15.9 Å². The Labute approximate surface area is 161 Å². The van der Waals surface area contributed by atoms with Crippen LogP contribution in [0, 0.1) is 0 Å². The lowest BCUT2D eigenvalue weighted by Crippen LogP contribution is -2.41. The lowest BCUT2D eigenvalue weighted by Gasteiger charge is -2.23. The van der Waals surface area contributed by atoms with Crippen molar-refractivity contribution in [2.75, 3.05) is 33.5 Å². The maximum atomic E-state index is 12.5. The highest BCUT2D eigenvalue weighted by Gasteiger charge is 2.22. The highest BCUT2D eigenvalue weighted by atomic mass is 32.2. The summed E-state index contributed by atoms with van der Waals surface area (Å²) in [5.74, 6) is 0.501. The van der Waals surface area contributed by atoms with Gasteiger partial charge in [0.1, 0.15) is 5.75 Å². The van der Waals surface area contributed by atoms with E-state index >= 15 is 0 Å². The molecular formula is C20H26N2O4S. The van der Waals surface area contributed by atoms with Crippen molar-refractivity contribution >= 4 is 15.9 Å². The predicted molar refractivity (Wildman–Crippen MR) is 106 cm³/mol. The molecule has 0 aliphatic carbocycles. The number of hydrogen-bond acceptors (Lipinski definition) is 4. The fraction of sp³-hybridized carbons (Fsp3) is 0.350. The molecule has 0 spiro atoms. The van der Waals surface area contributed by atoms with Gasteiger partial charge in [-0.2, -0.15) is 4.31 Å². The molecule has 0 N–H and O–H groups in total. The highest BCUT2D eigenvalue weighted by Crippen LogP contribution is 2.13. The quantitative estimate of drug-likeness (QED) is 0.658. The fourth-order valence-corrected chi connectivity index (χ4v) is 3.39. The summed E-state index contributed by atoms with van der Waals surface area (Å²) in [4.78, 5) is 14.1. The minimum Gasteiger partial charge on any atom is -0.497 e. The van der Waals surface area contributed by atoms with E-state index in [0.717, 1.165) is 23.1 Å². The molecule has 0 heterocycles. The maximum Gasteiger partial charge on any atom is 0.237 e. The molecule has 2 aromatic rings. The van der Waals surface area contributed by atoms with Crippen LogP contribution in [0.5, 0.6) is 5.75 Å². The molecule has 1 amide bonds. The third-order valence-corrected chi connectivity index (χ3v) is 5.53. The number of carbonyl (C=O) groups is 1. The van der Waals surface area contributed by atoms with Crippen LogP contribution < -0.4 is 4.74 Å². The van der Waals surface area contributed by atoms with Crippen LogP contribution in [0.3, 0.4) is 0 Å². The lowest BCUT2D eigenvalue weighted by atomic mass is 10.1. The summed E-state index contributed by atoms with van der Waals surface area (Å²) in [5, 5.41) is 0. The van der Waals surface area contributed by atoms with Crippen molar-refractivity contribution in [3.63, 3.8) is 0 Å². The Hall–Kier alpha value is -2.38. The van der Waals surface area contributed by atoms with Gasteiger partial charge in [-0.3, -0.25) is 4.79 Å². The monoisotopic (exact) mass is 390 g/mol. The first-order valence-corrected chi connectivity index (χ1v) is 10.5. The predicted octanol–water partition coefficient (Wildman–Crippen LogP) is 2.16. The fourth-order valence-electron chi connectivity index (χ4n) is 2.63. The van der Waals surface area contributed by atoms with Gasteiger partial charge < -0.3 is 9.64 Å². The van der Waals surface area contributed by atoms with E-state index in [9.17, 15) is 13.2 Å². The number of likely N-dealkylation sites (N-methyl/N-ethyl adjacent to an activating group) is 1. The average molecular weight is 391 g/mol. The smallest absolute Gasteiger partial charge is 0.237 e. The molecule has 0 aliphatic heterocycles. The highest BCUT2D eigenvalue weighted by molar-refractivity contribution is 7.88. The van der Waals surface area contributed by atoms with Crippen LogP contribution >= 0.6 is 0 Å². The molecule has 0 saturated heterocycles. The summed E-state index contributed by atoms with van der Waals surface area (Å²) in [7, 11) is -0.208. The molecule has 0 radical (unpaired) electrons. The third-order valence-electron chi connectivity index (χ3n) is 4.28. The SMILES string of the molecule is COc1ccc(CN(C)C(=O)CN(CCc2ccccc2)S(C)(=O)=O)cc1. The molecule has 2 rings (SSSR count). The number of amides is 1. The van der Waals surface area contributed by atoms with E-state index in [1.807, 2.05) is 54.6 Å². The molecule has 2 aromatic carbocycles. The number of rotatable bonds is 9. The second kappa shape index (κ2) is 9.53. The van der Waals surface area contributed by atoms with Gasteiger partial charge in [-0.1, -0.05) is 42.5 Å². The first-order valence-electron chi connectivity index (χ1n) is 8.65. The van der Waals surface area contributed by atoms with Gasteiger partial charge in [0.05, 0.1) is 19.9 Å². The Morgan fingerprint density at radius 3 is 2.19 bits per heavy atom. The van der Waals surface area contributed by atoms with Crippen molar-refractivity contribution in [2.24, 2.45) is 0 Å². The van der Waals surface area contributed by atoms with Crippen LogP contribution in [0.1, 0.15) is 11.1 Å². The Morgan fingerprint density at radius 1 is 1.00 bits per heavy atom. The number of ether oxygens (including phenoxy) is 1. The second-order valence-corrected chi connectivity index (χ2v) is 8.41. The van der Waals surface area contributed by atoms with Gasteiger partial charge in [-0.05, 0) is 29.7 Å². The van der Waals surface area contributed by atoms with Crippen LogP contribution in [-0.4, -0.2) is 57.0 Å². The molecule has 0 fully saturated rings. The van der Waals surface area contributed by atoms with Crippen molar-refractivity contribution in [2.45, 2.75) is 13.0 Å². The van der Waals surface area contributed by atoms with Crippen molar-refractivity contribution in [1.82, 2.24) is 9.21 Å². The minimum absolute atomic E-state index is 0.168. The zero-order valence-corrected chi connectivity index (χ0v) is 16.8. The van der Waals surface area contributed by atoms with Gasteiger partial charge in [0, 0.05) is 20.1 Å². The average Bonchev–Trinajstić information content (AvgIpc) is 2.65. The largest absolute Gasteiger partial charge is 0.497 e. The topological polar surface area (TPSA) is 66.9 Å². The number of hydrogen-bond donors (Lipinski definition) is 0. The first-order chi connectivity index (χ1) is 12.8. The summed E-state index contributed by atoms with van der Waals surface area (Å²) >= 11 is 0. The molecule has 6 nitrogen and oxygen atoms in total. The molecule has 7 heteroatoms. The van der Waals surface area contributed by atoms with Gasteiger partial charge in [-0.25, -0.2) is 8.42 Å². The standard InChI is InChI=1S/C20H26N2O4S/c1-21(15-18-9-11-19(26-2)12-10-18)20(23)16-22(27(3,24)25)14-13-17-7-5-4-6-8-17/h4-12H,13-16H2,1-3H3. The Kier molecular flexibility index (Phi) is 7.38. The lowest BCUT2D eigenvalue weighted by molar-refractivity contribution is -0.130. The Bertz CT molecular complexity index is 836. The molecule has 146 valence electrons. The molecule has 0 bridgehead atoms. The Morgan fingerprint density at radius 2 is 1.63 bits per heavy atom. The van der Waals surface area contributed by atoms with Gasteiger partial charge in [0.25, 0.3) is 0 Å². The number of methoxy groups -OCH3 is 1. The molecule has 27 heavy (non-hydrogen) atoms. The van der Waals surface area contributed by atoms with Crippen LogP contribution in [0.25, 0.3) is 0 Å². The molecule has 0 aliphatic rings. The van der Waals surface area contributed by atoms with Crippen molar-refractivity contribution in [3.05, 3.63) is 65.7 Å². The normalized spacial score (nSPS) is 11.4.